The van der Waals surface area contributed by atoms with Gasteiger partial charge in [0.05, 0.1) is 11.0 Å². The van der Waals surface area contributed by atoms with E-state index in [1.807, 2.05) is 11.0 Å². The highest BCUT2D eigenvalue weighted by Gasteiger charge is 2.22. The zero-order valence-electron chi connectivity index (χ0n) is 9.59. The Morgan fingerprint density at radius 3 is 2.82 bits per heavy atom. The molecule has 1 heterocycles. The average molecular weight is 237 g/mol. The molecule has 1 aromatic carbocycles. The Morgan fingerprint density at radius 2 is 2.29 bits per heavy atom. The molecule has 0 spiro atoms. The monoisotopic (exact) mass is 237 g/mol. The van der Waals surface area contributed by atoms with Crippen molar-refractivity contribution in [3.05, 3.63) is 28.3 Å². The van der Waals surface area contributed by atoms with Gasteiger partial charge in [0.15, 0.2) is 0 Å². The first-order valence-electron chi connectivity index (χ1n) is 5.50. The van der Waals surface area contributed by atoms with E-state index in [2.05, 4.69) is 5.32 Å². The Kier molecular flexibility index (Phi) is 3.14. The van der Waals surface area contributed by atoms with E-state index in [4.69, 9.17) is 0 Å². The van der Waals surface area contributed by atoms with Crippen LogP contribution in [0.25, 0.3) is 0 Å². The molecule has 0 bridgehead atoms. The zero-order valence-corrected chi connectivity index (χ0v) is 9.59. The Balaban J connectivity index is 2.32. The molecule has 92 valence electrons. The first kappa shape index (κ1) is 11.7. The fraction of sp³-hybridized carbons (Fsp3) is 0.455. The SMILES string of the molecule is CNc1cc(N2CCC(O)C2)cc([N+](=O)[O-])c1. The van der Waals surface area contributed by atoms with Gasteiger partial charge in [0.1, 0.15) is 0 Å². The summed E-state index contributed by atoms with van der Waals surface area (Å²) in [7, 11) is 1.72. The molecule has 1 aliphatic rings. The van der Waals surface area contributed by atoms with Crippen molar-refractivity contribution in [3.63, 3.8) is 0 Å². The van der Waals surface area contributed by atoms with Crippen LogP contribution in [-0.2, 0) is 0 Å². The number of β-amino-alcohol motifs (C(OH)–C–C–N with tert-alkyl or cyclic N) is 1. The van der Waals surface area contributed by atoms with Gasteiger partial charge in [-0.2, -0.15) is 0 Å². The van der Waals surface area contributed by atoms with Crippen molar-refractivity contribution in [1.82, 2.24) is 0 Å². The maximum atomic E-state index is 10.8. The lowest BCUT2D eigenvalue weighted by molar-refractivity contribution is -0.384. The first-order valence-corrected chi connectivity index (χ1v) is 5.50. The summed E-state index contributed by atoms with van der Waals surface area (Å²) in [6.45, 7) is 1.26. The van der Waals surface area contributed by atoms with Crippen LogP contribution in [0.3, 0.4) is 0 Å². The van der Waals surface area contributed by atoms with E-state index < -0.39 is 4.92 Å². The molecule has 2 rings (SSSR count). The highest BCUT2D eigenvalue weighted by atomic mass is 16.6. The highest BCUT2D eigenvalue weighted by molar-refractivity contribution is 5.64. The smallest absolute Gasteiger partial charge is 0.273 e. The lowest BCUT2D eigenvalue weighted by Crippen LogP contribution is -2.21. The minimum atomic E-state index is -0.406. The molecule has 1 aliphatic heterocycles. The number of nitrogens with one attached hydrogen (secondary N) is 1. The summed E-state index contributed by atoms with van der Waals surface area (Å²) in [6, 6.07) is 4.89. The number of non-ortho nitro benzene ring substituents is 1. The highest BCUT2D eigenvalue weighted by Crippen LogP contribution is 2.29. The van der Waals surface area contributed by atoms with Gasteiger partial charge in [-0.1, -0.05) is 0 Å². The van der Waals surface area contributed by atoms with Crippen LogP contribution in [0, 0.1) is 10.1 Å². The molecule has 1 aromatic rings. The fourth-order valence-corrected chi connectivity index (χ4v) is 2.00. The van der Waals surface area contributed by atoms with Crippen LogP contribution in [0.1, 0.15) is 6.42 Å². The lowest BCUT2D eigenvalue weighted by atomic mass is 10.2. The van der Waals surface area contributed by atoms with Crippen molar-refractivity contribution < 1.29 is 10.0 Å². The predicted molar refractivity (Wildman–Crippen MR) is 65.5 cm³/mol. The number of benzene rings is 1. The molecule has 1 atom stereocenters. The van der Waals surface area contributed by atoms with Crippen molar-refractivity contribution in [1.29, 1.82) is 0 Å². The van der Waals surface area contributed by atoms with Gasteiger partial charge in [-0.25, -0.2) is 0 Å². The van der Waals surface area contributed by atoms with E-state index >= 15 is 0 Å². The molecule has 1 fully saturated rings. The van der Waals surface area contributed by atoms with Crippen molar-refractivity contribution in [3.8, 4) is 0 Å². The molecular formula is C11H15N3O3. The number of aliphatic hydroxyl groups is 1. The molecule has 1 unspecified atom stereocenters. The second-order valence-electron chi connectivity index (χ2n) is 4.13. The number of rotatable bonds is 3. The molecule has 1 saturated heterocycles. The molecule has 17 heavy (non-hydrogen) atoms. The summed E-state index contributed by atoms with van der Waals surface area (Å²) in [5.41, 5.74) is 1.55. The van der Waals surface area contributed by atoms with Crippen LogP contribution < -0.4 is 10.2 Å². The summed E-state index contributed by atoms with van der Waals surface area (Å²) in [5.74, 6) is 0. The van der Waals surface area contributed by atoms with E-state index in [-0.39, 0.29) is 11.8 Å². The molecule has 0 aliphatic carbocycles. The fourth-order valence-electron chi connectivity index (χ4n) is 2.00. The minimum Gasteiger partial charge on any atom is -0.391 e. The maximum Gasteiger partial charge on any atom is 0.273 e. The van der Waals surface area contributed by atoms with Crippen molar-refractivity contribution in [2.75, 3.05) is 30.4 Å². The third-order valence-corrected chi connectivity index (χ3v) is 2.93. The Labute approximate surface area is 99.0 Å². The van der Waals surface area contributed by atoms with Crippen LogP contribution in [-0.4, -0.2) is 36.3 Å². The van der Waals surface area contributed by atoms with Gasteiger partial charge in [-0.15, -0.1) is 0 Å². The molecule has 2 N–H and O–H groups in total. The van der Waals surface area contributed by atoms with Crippen molar-refractivity contribution in [2.24, 2.45) is 0 Å². The molecule has 0 saturated carbocycles. The number of hydrogen-bond donors (Lipinski definition) is 2. The summed E-state index contributed by atoms with van der Waals surface area (Å²) >= 11 is 0. The van der Waals surface area contributed by atoms with Crippen LogP contribution in [0.2, 0.25) is 0 Å². The van der Waals surface area contributed by atoms with E-state index in [9.17, 15) is 15.2 Å². The lowest BCUT2D eigenvalue weighted by Gasteiger charge is -2.18. The Morgan fingerprint density at radius 1 is 1.53 bits per heavy atom. The van der Waals surface area contributed by atoms with Gasteiger partial charge in [0.25, 0.3) is 5.69 Å². The normalized spacial score (nSPS) is 19.4. The number of anilines is 2. The molecule has 0 aromatic heterocycles. The van der Waals surface area contributed by atoms with E-state index in [0.717, 1.165) is 12.2 Å². The van der Waals surface area contributed by atoms with Gasteiger partial charge >= 0.3 is 0 Å². The summed E-state index contributed by atoms with van der Waals surface area (Å²) in [6.07, 6.45) is 0.365. The summed E-state index contributed by atoms with van der Waals surface area (Å²) in [5, 5.41) is 23.2. The number of nitrogens with zero attached hydrogens (tertiary/aromatic N) is 2. The van der Waals surface area contributed by atoms with Crippen molar-refractivity contribution >= 4 is 17.1 Å². The van der Waals surface area contributed by atoms with Gasteiger partial charge in [0.2, 0.25) is 0 Å². The summed E-state index contributed by atoms with van der Waals surface area (Å²) in [4.78, 5) is 12.4. The maximum absolute atomic E-state index is 10.8. The molecule has 0 amide bonds. The molecule has 6 nitrogen and oxygen atoms in total. The first-order chi connectivity index (χ1) is 8.10. The molecule has 0 radical (unpaired) electrons. The van der Waals surface area contributed by atoms with Gasteiger partial charge in [0, 0.05) is 43.6 Å². The number of hydrogen-bond acceptors (Lipinski definition) is 5. The third-order valence-electron chi connectivity index (χ3n) is 2.93. The third kappa shape index (κ3) is 2.47. The zero-order chi connectivity index (χ0) is 12.4. The number of nitro groups is 1. The van der Waals surface area contributed by atoms with Crippen molar-refractivity contribution in [2.45, 2.75) is 12.5 Å². The second kappa shape index (κ2) is 4.58. The standard InChI is InChI=1S/C11H15N3O3/c1-12-8-4-9(6-10(5-8)14(16)17)13-3-2-11(15)7-13/h4-6,11-12,15H,2-3,7H2,1H3. The van der Waals surface area contributed by atoms with Crippen LogP contribution >= 0.6 is 0 Å². The quantitative estimate of drug-likeness (QED) is 0.610. The number of aliphatic hydroxyl groups excluding tert-OH is 1. The second-order valence-corrected chi connectivity index (χ2v) is 4.13. The van der Waals surface area contributed by atoms with E-state index in [1.54, 1.807) is 13.1 Å². The van der Waals surface area contributed by atoms with Gasteiger partial charge in [-0.05, 0) is 12.5 Å². The molecule has 6 heteroatoms. The Hall–Kier alpha value is -1.82. The van der Waals surface area contributed by atoms with Gasteiger partial charge < -0.3 is 15.3 Å². The molecular weight excluding hydrogens is 222 g/mol. The Bertz CT molecular complexity index is 436. The predicted octanol–water partition coefficient (Wildman–Crippen LogP) is 1.21. The topological polar surface area (TPSA) is 78.6 Å². The van der Waals surface area contributed by atoms with Crippen LogP contribution in [0.4, 0.5) is 17.1 Å². The van der Waals surface area contributed by atoms with E-state index in [0.29, 0.717) is 18.7 Å². The number of nitro benzene ring substituents is 1. The van der Waals surface area contributed by atoms with Gasteiger partial charge in [-0.3, -0.25) is 10.1 Å². The minimum absolute atomic E-state index is 0.0632. The summed E-state index contributed by atoms with van der Waals surface area (Å²) < 4.78 is 0. The van der Waals surface area contributed by atoms with Crippen LogP contribution in [0.5, 0.6) is 0 Å². The average Bonchev–Trinajstić information content (AvgIpc) is 2.75. The van der Waals surface area contributed by atoms with E-state index in [1.165, 1.54) is 6.07 Å². The van der Waals surface area contributed by atoms with Crippen LogP contribution in [0.15, 0.2) is 18.2 Å². The largest absolute Gasteiger partial charge is 0.391 e.